The van der Waals surface area contributed by atoms with Gasteiger partial charge in [0, 0.05) is 0 Å². The van der Waals surface area contributed by atoms with Gasteiger partial charge < -0.3 is 0 Å². The second kappa shape index (κ2) is 14.2. The largest absolute Gasteiger partial charge is 0.219 e. The zero-order valence-electron chi connectivity index (χ0n) is 29.4. The minimum Gasteiger partial charge on any atom is -0.219 e. The van der Waals surface area contributed by atoms with Gasteiger partial charge in [-0.05, 0) is 146 Å². The molecule has 0 spiro atoms. The van der Waals surface area contributed by atoms with Gasteiger partial charge in [-0.3, -0.25) is 0 Å². The maximum Gasteiger partial charge on any atom is 0.206 e. The molecule has 0 radical (unpaired) electrons. The monoisotopic (exact) mass is 650 g/mol. The summed E-state index contributed by atoms with van der Waals surface area (Å²) in [5.41, 5.74) is 14.3. The van der Waals surface area contributed by atoms with E-state index in [-0.39, 0.29) is 5.41 Å². The van der Waals surface area contributed by atoms with Crippen molar-refractivity contribution in [2.24, 2.45) is 0 Å². The van der Waals surface area contributed by atoms with Crippen molar-refractivity contribution < 1.29 is 8.42 Å². The van der Waals surface area contributed by atoms with Crippen molar-refractivity contribution in [3.63, 3.8) is 0 Å². The lowest BCUT2D eigenvalue weighted by Crippen LogP contribution is -2.31. The Morgan fingerprint density at radius 1 is 0.333 bits per heavy atom. The second-order valence-corrected chi connectivity index (χ2v) is 15.0. The lowest BCUT2D eigenvalue weighted by Gasteiger charge is -2.37. The molecule has 3 heteroatoms. The molecule has 0 aromatic heterocycles. The molecule has 6 aromatic rings. The maximum atomic E-state index is 12.6. The number of sulfone groups is 1. The van der Waals surface area contributed by atoms with Crippen LogP contribution in [0.5, 0.6) is 0 Å². The molecule has 0 saturated carbocycles. The number of hydrogen-bond acceptors (Lipinski definition) is 2. The van der Waals surface area contributed by atoms with Crippen LogP contribution in [0.4, 0.5) is 0 Å². The minimum absolute atomic E-state index is 0.360. The molecule has 0 amide bonds. The summed E-state index contributed by atoms with van der Waals surface area (Å²) in [6.07, 6.45) is 0. The van der Waals surface area contributed by atoms with Gasteiger partial charge in [0.1, 0.15) is 0 Å². The van der Waals surface area contributed by atoms with Crippen molar-refractivity contribution in [2.75, 3.05) is 0 Å². The average molecular weight is 651 g/mol. The Kier molecular flexibility index (Phi) is 10.2. The van der Waals surface area contributed by atoms with Crippen LogP contribution in [-0.4, -0.2) is 8.42 Å². The van der Waals surface area contributed by atoms with Crippen LogP contribution < -0.4 is 0 Å². The zero-order chi connectivity index (χ0) is 34.6. The number of rotatable bonds is 6. The summed E-state index contributed by atoms with van der Waals surface area (Å²) >= 11 is 0. The number of benzene rings is 6. The van der Waals surface area contributed by atoms with Crippen LogP contribution in [-0.2, 0) is 15.3 Å². The fraction of sp³-hybridized carbons (Fsp3) is 0.200. The van der Waals surface area contributed by atoms with E-state index in [4.69, 9.17) is 0 Å². The van der Waals surface area contributed by atoms with Gasteiger partial charge >= 0.3 is 0 Å². The van der Waals surface area contributed by atoms with E-state index in [1.165, 1.54) is 44.5 Å². The summed E-state index contributed by atoms with van der Waals surface area (Å²) in [5.74, 6) is 0. The van der Waals surface area contributed by atoms with E-state index >= 15 is 0 Å². The van der Waals surface area contributed by atoms with Crippen molar-refractivity contribution in [1.29, 1.82) is 0 Å². The van der Waals surface area contributed by atoms with Crippen LogP contribution in [0.3, 0.4) is 0 Å². The SMILES string of the molecule is Cc1ccc(C(c2ccccc2)(c2ccccc2)c2ccc(C)c(C)c2)cc1C.Cc1ccc(S(=O)(=O)c2ccc(C)c(C)c2)cc1C. The van der Waals surface area contributed by atoms with Gasteiger partial charge in [-0.15, -0.1) is 0 Å². The molecule has 6 aromatic carbocycles. The van der Waals surface area contributed by atoms with Gasteiger partial charge in [0.25, 0.3) is 0 Å². The maximum absolute atomic E-state index is 12.6. The van der Waals surface area contributed by atoms with Crippen molar-refractivity contribution in [1.82, 2.24) is 0 Å². The molecule has 2 nitrogen and oxygen atoms in total. The Hall–Kier alpha value is -4.73. The lowest BCUT2D eigenvalue weighted by atomic mass is 9.64. The highest BCUT2D eigenvalue weighted by atomic mass is 32.2. The van der Waals surface area contributed by atoms with Crippen LogP contribution in [0.2, 0.25) is 0 Å². The first-order valence-corrected chi connectivity index (χ1v) is 18.0. The molecule has 244 valence electrons. The van der Waals surface area contributed by atoms with Crippen molar-refractivity contribution >= 4 is 9.84 Å². The first-order valence-electron chi connectivity index (χ1n) is 16.5. The molecule has 0 heterocycles. The van der Waals surface area contributed by atoms with Gasteiger partial charge in [-0.25, -0.2) is 8.42 Å². The zero-order valence-corrected chi connectivity index (χ0v) is 30.2. The molecule has 0 fully saturated rings. The standard InChI is InChI=1S/C29H28.C16H18O2S/c1-21-15-17-27(19-23(21)3)29(25-11-7-5-8-12-25,26-13-9-6-10-14-26)28-18-16-22(2)24(4)20-28;1-11-5-7-15(9-13(11)3)19(17,18)16-8-6-12(2)14(4)10-16/h5-20H,1-4H3;5-10H,1-4H3. The summed E-state index contributed by atoms with van der Waals surface area (Å²) in [5, 5.41) is 0. The summed E-state index contributed by atoms with van der Waals surface area (Å²) in [7, 11) is -3.42. The highest BCUT2D eigenvalue weighted by Gasteiger charge is 2.38. The van der Waals surface area contributed by atoms with E-state index in [0.717, 1.165) is 22.3 Å². The molecule has 0 aliphatic rings. The van der Waals surface area contributed by atoms with Gasteiger partial charge in [0.2, 0.25) is 9.84 Å². The van der Waals surface area contributed by atoms with Crippen LogP contribution in [0.25, 0.3) is 0 Å². The first-order chi connectivity index (χ1) is 22.8. The number of aryl methyl sites for hydroxylation is 8. The van der Waals surface area contributed by atoms with E-state index in [1.807, 2.05) is 39.8 Å². The molecular formula is C45H46O2S. The highest BCUT2D eigenvalue weighted by Crippen LogP contribution is 2.45. The van der Waals surface area contributed by atoms with Crippen molar-refractivity contribution in [3.05, 3.63) is 200 Å². The fourth-order valence-corrected chi connectivity index (χ4v) is 7.65. The summed E-state index contributed by atoms with van der Waals surface area (Å²) in [4.78, 5) is 0.720. The molecule has 0 bridgehead atoms. The van der Waals surface area contributed by atoms with E-state index in [2.05, 4.69) is 125 Å². The summed E-state index contributed by atoms with van der Waals surface area (Å²) in [6.45, 7) is 16.6. The molecule has 48 heavy (non-hydrogen) atoms. The fourth-order valence-electron chi connectivity index (χ4n) is 6.22. The Balaban J connectivity index is 0.000000206. The van der Waals surface area contributed by atoms with Crippen LogP contribution in [0.1, 0.15) is 66.8 Å². The Morgan fingerprint density at radius 2 is 0.646 bits per heavy atom. The lowest BCUT2D eigenvalue weighted by molar-refractivity contribution is 0.596. The average Bonchev–Trinajstić information content (AvgIpc) is 3.08. The number of hydrogen-bond donors (Lipinski definition) is 0. The predicted octanol–water partition coefficient (Wildman–Crippen LogP) is 11.1. The minimum atomic E-state index is -3.42. The van der Waals surface area contributed by atoms with Crippen LogP contribution in [0, 0.1) is 55.4 Å². The third kappa shape index (κ3) is 6.79. The van der Waals surface area contributed by atoms with Crippen molar-refractivity contribution in [3.8, 4) is 0 Å². The first kappa shape index (κ1) is 34.6. The predicted molar refractivity (Wildman–Crippen MR) is 201 cm³/mol. The van der Waals surface area contributed by atoms with E-state index in [9.17, 15) is 8.42 Å². The van der Waals surface area contributed by atoms with E-state index in [0.29, 0.717) is 9.79 Å². The van der Waals surface area contributed by atoms with Crippen LogP contribution >= 0.6 is 0 Å². The normalized spacial score (nSPS) is 11.5. The quantitative estimate of drug-likeness (QED) is 0.168. The molecule has 0 unspecified atom stereocenters. The van der Waals surface area contributed by atoms with E-state index < -0.39 is 9.84 Å². The van der Waals surface area contributed by atoms with Gasteiger partial charge in [-0.2, -0.15) is 0 Å². The molecule has 0 aliphatic heterocycles. The third-order valence-electron chi connectivity index (χ3n) is 9.87. The second-order valence-electron chi connectivity index (χ2n) is 13.1. The molecule has 6 rings (SSSR count). The molecule has 0 saturated heterocycles. The van der Waals surface area contributed by atoms with Crippen molar-refractivity contribution in [2.45, 2.75) is 70.6 Å². The van der Waals surface area contributed by atoms with E-state index in [1.54, 1.807) is 24.3 Å². The third-order valence-corrected chi connectivity index (χ3v) is 11.6. The smallest absolute Gasteiger partial charge is 0.206 e. The van der Waals surface area contributed by atoms with Gasteiger partial charge in [-0.1, -0.05) is 109 Å². The molecule has 0 N–H and O–H groups in total. The van der Waals surface area contributed by atoms with Gasteiger partial charge in [0.15, 0.2) is 0 Å². The molecule has 0 aliphatic carbocycles. The van der Waals surface area contributed by atoms with Crippen LogP contribution in [0.15, 0.2) is 143 Å². The Bertz CT molecular complexity index is 2010. The topological polar surface area (TPSA) is 34.1 Å². The summed E-state index contributed by atoms with van der Waals surface area (Å²) < 4.78 is 25.1. The Morgan fingerprint density at radius 3 is 0.958 bits per heavy atom. The van der Waals surface area contributed by atoms with Gasteiger partial charge in [0.05, 0.1) is 15.2 Å². The Labute approximate surface area is 288 Å². The highest BCUT2D eigenvalue weighted by molar-refractivity contribution is 7.91. The summed E-state index contributed by atoms with van der Waals surface area (Å²) in [6, 6.07) is 46.2. The molecular weight excluding hydrogens is 605 g/mol. The molecule has 0 atom stereocenters.